The molecule has 2 aliphatic heterocycles. The molecule has 2 heterocycles. The normalized spacial score (nSPS) is 26.0. The van der Waals surface area contributed by atoms with Crippen molar-refractivity contribution in [2.45, 2.75) is 56.3 Å². The molecule has 0 N–H and O–H groups in total. The van der Waals surface area contributed by atoms with Crippen LogP contribution in [0.15, 0.2) is 24.3 Å². The third-order valence-electron chi connectivity index (χ3n) is 6.20. The largest absolute Gasteiger partial charge is 0.497 e. The third kappa shape index (κ3) is 3.07. The van der Waals surface area contributed by atoms with Crippen molar-refractivity contribution in [1.29, 1.82) is 0 Å². The lowest BCUT2D eigenvalue weighted by molar-refractivity contribution is -0.193. The number of hydrogen-bond acceptors (Lipinski definition) is 4. The van der Waals surface area contributed by atoms with Gasteiger partial charge < -0.3 is 14.2 Å². The van der Waals surface area contributed by atoms with Crippen LogP contribution in [0.2, 0.25) is 0 Å². The summed E-state index contributed by atoms with van der Waals surface area (Å²) in [6, 6.07) is 8.58. The molecule has 0 atom stereocenters. The number of likely N-dealkylation sites (tertiary alicyclic amines) is 1. The minimum atomic E-state index is -0.280. The van der Waals surface area contributed by atoms with Crippen LogP contribution in [0.1, 0.15) is 44.1 Å². The third-order valence-corrected chi connectivity index (χ3v) is 6.20. The molecule has 0 amide bonds. The molecule has 3 fully saturated rings. The molecule has 1 spiro atoms. The van der Waals surface area contributed by atoms with E-state index in [1.54, 1.807) is 7.11 Å². The van der Waals surface area contributed by atoms with E-state index >= 15 is 0 Å². The molecular formula is C20H29NO3. The molecule has 1 saturated carbocycles. The summed E-state index contributed by atoms with van der Waals surface area (Å²) in [6.45, 7) is 3.98. The lowest BCUT2D eigenvalue weighted by Crippen LogP contribution is -2.54. The van der Waals surface area contributed by atoms with Crippen LogP contribution in [0, 0.1) is 0 Å². The lowest BCUT2D eigenvalue weighted by atomic mass is 9.74. The Balaban J connectivity index is 1.55. The summed E-state index contributed by atoms with van der Waals surface area (Å²) < 4.78 is 17.4. The highest BCUT2D eigenvalue weighted by Gasteiger charge is 2.49. The molecule has 132 valence electrons. The van der Waals surface area contributed by atoms with E-state index < -0.39 is 0 Å². The molecule has 0 aromatic heterocycles. The van der Waals surface area contributed by atoms with E-state index in [1.165, 1.54) is 31.5 Å². The second kappa shape index (κ2) is 6.66. The molecule has 4 nitrogen and oxygen atoms in total. The monoisotopic (exact) mass is 331 g/mol. The van der Waals surface area contributed by atoms with Gasteiger partial charge in [0.05, 0.1) is 20.3 Å². The van der Waals surface area contributed by atoms with Gasteiger partial charge in [0.2, 0.25) is 0 Å². The molecule has 0 bridgehead atoms. The topological polar surface area (TPSA) is 30.9 Å². The molecule has 4 heteroatoms. The molecule has 1 aliphatic carbocycles. The molecular weight excluding hydrogens is 302 g/mol. The van der Waals surface area contributed by atoms with Crippen LogP contribution in [0.4, 0.5) is 0 Å². The van der Waals surface area contributed by atoms with Crippen molar-refractivity contribution < 1.29 is 14.2 Å². The van der Waals surface area contributed by atoms with Crippen molar-refractivity contribution in [3.8, 4) is 5.75 Å². The Kier molecular flexibility index (Phi) is 4.54. The molecule has 0 unspecified atom stereocenters. The van der Waals surface area contributed by atoms with Gasteiger partial charge in [-0.05, 0) is 62.9 Å². The van der Waals surface area contributed by atoms with Crippen molar-refractivity contribution in [1.82, 2.24) is 4.90 Å². The summed E-state index contributed by atoms with van der Waals surface area (Å²) >= 11 is 0. The average Bonchev–Trinajstić information content (AvgIpc) is 3.30. The molecule has 24 heavy (non-hydrogen) atoms. The number of hydrogen-bond donors (Lipinski definition) is 0. The van der Waals surface area contributed by atoms with Gasteiger partial charge in [-0.3, -0.25) is 4.90 Å². The van der Waals surface area contributed by atoms with Crippen molar-refractivity contribution in [3.63, 3.8) is 0 Å². The fourth-order valence-corrected chi connectivity index (χ4v) is 4.84. The maximum absolute atomic E-state index is 5.96. The Hall–Kier alpha value is -1.10. The Labute approximate surface area is 145 Å². The van der Waals surface area contributed by atoms with Crippen molar-refractivity contribution >= 4 is 0 Å². The predicted octanol–water partition coefficient (Wildman–Crippen LogP) is 3.39. The van der Waals surface area contributed by atoms with E-state index in [0.29, 0.717) is 0 Å². The summed E-state index contributed by atoms with van der Waals surface area (Å²) in [5, 5.41) is 0. The van der Waals surface area contributed by atoms with Gasteiger partial charge in [0.15, 0.2) is 5.79 Å². The van der Waals surface area contributed by atoms with E-state index in [0.717, 1.165) is 51.1 Å². The fourth-order valence-electron chi connectivity index (χ4n) is 4.84. The van der Waals surface area contributed by atoms with Crippen LogP contribution in [0.5, 0.6) is 5.75 Å². The average molecular weight is 331 g/mol. The first-order chi connectivity index (χ1) is 11.7. The second-order valence-electron chi connectivity index (χ2n) is 7.55. The van der Waals surface area contributed by atoms with Crippen molar-refractivity contribution in [3.05, 3.63) is 29.8 Å². The van der Waals surface area contributed by atoms with Crippen LogP contribution >= 0.6 is 0 Å². The van der Waals surface area contributed by atoms with Gasteiger partial charge >= 0.3 is 0 Å². The highest BCUT2D eigenvalue weighted by Crippen LogP contribution is 2.45. The molecule has 1 aromatic carbocycles. The van der Waals surface area contributed by atoms with Gasteiger partial charge in [-0.1, -0.05) is 12.1 Å². The van der Waals surface area contributed by atoms with Gasteiger partial charge in [-0.25, -0.2) is 0 Å². The van der Waals surface area contributed by atoms with Crippen LogP contribution in [0.3, 0.4) is 0 Å². The summed E-state index contributed by atoms with van der Waals surface area (Å²) in [4.78, 5) is 2.74. The summed E-state index contributed by atoms with van der Waals surface area (Å²) in [5.74, 6) is 0.677. The van der Waals surface area contributed by atoms with Crippen molar-refractivity contribution in [2.75, 3.05) is 33.4 Å². The van der Waals surface area contributed by atoms with Gasteiger partial charge in [0.1, 0.15) is 5.75 Å². The van der Waals surface area contributed by atoms with Crippen molar-refractivity contribution in [2.24, 2.45) is 0 Å². The van der Waals surface area contributed by atoms with Gasteiger partial charge in [-0.2, -0.15) is 0 Å². The molecule has 2 saturated heterocycles. The zero-order valence-electron chi connectivity index (χ0n) is 14.8. The number of ether oxygens (including phenoxy) is 3. The number of nitrogens with zero attached hydrogens (tertiary/aromatic N) is 1. The second-order valence-corrected chi connectivity index (χ2v) is 7.55. The highest BCUT2D eigenvalue weighted by atomic mass is 16.7. The van der Waals surface area contributed by atoms with E-state index in [4.69, 9.17) is 14.2 Å². The van der Waals surface area contributed by atoms with E-state index in [1.807, 2.05) is 6.07 Å². The minimum Gasteiger partial charge on any atom is -0.497 e. The Morgan fingerprint density at radius 1 is 1.04 bits per heavy atom. The summed E-state index contributed by atoms with van der Waals surface area (Å²) in [5.41, 5.74) is 1.63. The Bertz CT molecular complexity index is 552. The first-order valence-corrected chi connectivity index (χ1v) is 9.40. The van der Waals surface area contributed by atoms with Gasteiger partial charge in [-0.15, -0.1) is 0 Å². The molecule has 0 radical (unpaired) electrons. The zero-order chi connectivity index (χ0) is 16.5. The van der Waals surface area contributed by atoms with E-state index in [2.05, 4.69) is 23.1 Å². The first-order valence-electron chi connectivity index (χ1n) is 9.40. The maximum Gasteiger partial charge on any atom is 0.168 e. The molecule has 4 rings (SSSR count). The maximum atomic E-state index is 5.96. The smallest absolute Gasteiger partial charge is 0.168 e. The quantitative estimate of drug-likeness (QED) is 0.846. The summed E-state index contributed by atoms with van der Waals surface area (Å²) in [6.07, 6.45) is 8.12. The van der Waals surface area contributed by atoms with E-state index in [-0.39, 0.29) is 11.3 Å². The number of benzene rings is 1. The minimum absolute atomic E-state index is 0.253. The predicted molar refractivity (Wildman–Crippen MR) is 93.3 cm³/mol. The van der Waals surface area contributed by atoms with Gasteiger partial charge in [0, 0.05) is 18.4 Å². The highest BCUT2D eigenvalue weighted by molar-refractivity contribution is 5.30. The van der Waals surface area contributed by atoms with Crippen LogP contribution < -0.4 is 4.74 Å². The number of rotatable bonds is 4. The molecule has 1 aromatic rings. The van der Waals surface area contributed by atoms with Crippen LogP contribution in [-0.4, -0.2) is 49.6 Å². The summed E-state index contributed by atoms with van der Waals surface area (Å²) in [7, 11) is 1.74. The Morgan fingerprint density at radius 3 is 2.42 bits per heavy atom. The van der Waals surface area contributed by atoms with Crippen LogP contribution in [-0.2, 0) is 15.9 Å². The van der Waals surface area contributed by atoms with E-state index in [9.17, 15) is 0 Å². The SMILES string of the molecule is COc1cccc(CC2(N3CCCC3)CCC3(CC2)OCCO3)c1. The number of methoxy groups -OCH3 is 1. The Morgan fingerprint density at radius 2 is 1.75 bits per heavy atom. The van der Waals surface area contributed by atoms with Gasteiger partial charge in [0.25, 0.3) is 0 Å². The molecule has 3 aliphatic rings. The standard InChI is InChI=1S/C20H29NO3/c1-22-18-6-4-5-17(15-18)16-19(21-11-2-3-12-21)7-9-20(10-8-19)23-13-14-24-20/h4-6,15H,2-3,7-14,16H2,1H3. The first kappa shape index (κ1) is 16.4. The zero-order valence-corrected chi connectivity index (χ0v) is 14.8. The fraction of sp³-hybridized carbons (Fsp3) is 0.700. The van der Waals surface area contributed by atoms with Crippen LogP contribution in [0.25, 0.3) is 0 Å². The lowest BCUT2D eigenvalue weighted by Gasteiger charge is -2.49.